The summed E-state index contributed by atoms with van der Waals surface area (Å²) in [4.78, 5) is 17.5. The Labute approximate surface area is 166 Å². The average molecular weight is 401 g/mol. The molecule has 1 aromatic carbocycles. The lowest BCUT2D eigenvalue weighted by Gasteiger charge is -2.33. The number of hydrogen-bond donors (Lipinski definition) is 1. The minimum atomic E-state index is -0.274. The molecule has 6 heteroatoms. The van der Waals surface area contributed by atoms with Crippen LogP contribution in [0.4, 0.5) is 4.39 Å². The molecule has 0 saturated carbocycles. The van der Waals surface area contributed by atoms with E-state index in [-0.39, 0.29) is 23.8 Å². The molecule has 0 radical (unpaired) electrons. The van der Waals surface area contributed by atoms with Gasteiger partial charge in [0.15, 0.2) is 0 Å². The van der Waals surface area contributed by atoms with E-state index in [0.717, 1.165) is 23.4 Å². The highest BCUT2D eigenvalue weighted by molar-refractivity contribution is 7.10. The quantitative estimate of drug-likeness (QED) is 0.669. The minimum Gasteiger partial charge on any atom is -0.343 e. The number of thiophene rings is 2. The maximum atomic E-state index is 13.3. The van der Waals surface area contributed by atoms with Gasteiger partial charge in [0, 0.05) is 22.3 Å². The number of nitrogens with zero attached hydrogens (tertiary/aromatic N) is 1. The molecule has 1 amide bonds. The molecule has 1 N–H and O–H groups in total. The monoisotopic (exact) mass is 400 g/mol. The normalized spacial score (nSPS) is 18.1. The summed E-state index contributed by atoms with van der Waals surface area (Å²) in [5, 5.41) is 7.27. The van der Waals surface area contributed by atoms with Crippen molar-refractivity contribution >= 4 is 28.6 Å². The highest BCUT2D eigenvalue weighted by atomic mass is 32.1. The Morgan fingerprint density at radius 2 is 2.04 bits per heavy atom. The van der Waals surface area contributed by atoms with Crippen LogP contribution in [0, 0.1) is 5.82 Å². The summed E-state index contributed by atoms with van der Waals surface area (Å²) >= 11 is 3.39. The van der Waals surface area contributed by atoms with Crippen molar-refractivity contribution in [2.75, 3.05) is 13.1 Å². The van der Waals surface area contributed by atoms with Crippen molar-refractivity contribution in [2.24, 2.45) is 0 Å². The molecule has 1 aliphatic rings. The second-order valence-electron chi connectivity index (χ2n) is 6.76. The van der Waals surface area contributed by atoms with Crippen molar-refractivity contribution in [3.05, 3.63) is 79.9 Å². The van der Waals surface area contributed by atoms with Crippen LogP contribution in [0.25, 0.3) is 0 Å². The first-order chi connectivity index (χ1) is 13.1. The van der Waals surface area contributed by atoms with E-state index >= 15 is 0 Å². The molecule has 4 rings (SSSR count). The number of carbonyl (C=O) groups excluding carboxylic acids is 1. The van der Waals surface area contributed by atoms with Crippen LogP contribution in [0.3, 0.4) is 0 Å². The third-order valence-electron chi connectivity index (χ3n) is 5.09. The lowest BCUT2D eigenvalue weighted by molar-refractivity contribution is -0.123. The molecule has 3 nitrogen and oxygen atoms in total. The zero-order chi connectivity index (χ0) is 18.8. The molecule has 0 aliphatic carbocycles. The van der Waals surface area contributed by atoms with Gasteiger partial charge in [-0.1, -0.05) is 18.2 Å². The predicted molar refractivity (Wildman–Crippen MR) is 109 cm³/mol. The second kappa shape index (κ2) is 7.92. The molecular formula is C21H21FN2OS2. The van der Waals surface area contributed by atoms with Crippen molar-refractivity contribution in [1.82, 2.24) is 10.2 Å². The number of fused-ring (bicyclic) bond motifs is 1. The van der Waals surface area contributed by atoms with Gasteiger partial charge in [0.1, 0.15) is 5.82 Å². The maximum absolute atomic E-state index is 13.3. The van der Waals surface area contributed by atoms with E-state index in [9.17, 15) is 9.18 Å². The van der Waals surface area contributed by atoms with Gasteiger partial charge in [0.05, 0.1) is 12.6 Å². The van der Waals surface area contributed by atoms with Crippen molar-refractivity contribution in [3.63, 3.8) is 0 Å². The number of rotatable bonds is 5. The molecule has 3 aromatic rings. The Morgan fingerprint density at radius 3 is 2.78 bits per heavy atom. The molecule has 0 spiro atoms. The molecule has 0 bridgehead atoms. The van der Waals surface area contributed by atoms with E-state index in [0.29, 0.717) is 6.54 Å². The number of amides is 1. The summed E-state index contributed by atoms with van der Waals surface area (Å²) in [5.41, 5.74) is 2.23. The lowest BCUT2D eigenvalue weighted by atomic mass is 10.0. The smallest absolute Gasteiger partial charge is 0.234 e. The van der Waals surface area contributed by atoms with Gasteiger partial charge in [-0.2, -0.15) is 0 Å². The third kappa shape index (κ3) is 3.98. The zero-order valence-corrected chi connectivity index (χ0v) is 16.7. The van der Waals surface area contributed by atoms with Gasteiger partial charge >= 0.3 is 0 Å². The molecule has 0 fully saturated rings. The third-order valence-corrected chi connectivity index (χ3v) is 7.02. The first-order valence-corrected chi connectivity index (χ1v) is 10.8. The van der Waals surface area contributed by atoms with Crippen molar-refractivity contribution in [3.8, 4) is 0 Å². The molecule has 2 atom stereocenters. The van der Waals surface area contributed by atoms with Gasteiger partial charge < -0.3 is 5.32 Å². The molecule has 140 valence electrons. The predicted octanol–water partition coefficient (Wildman–Crippen LogP) is 4.77. The number of benzene rings is 1. The van der Waals surface area contributed by atoms with Crippen molar-refractivity contribution in [2.45, 2.75) is 25.4 Å². The number of carbonyl (C=O) groups is 1. The van der Waals surface area contributed by atoms with Crippen LogP contribution in [0.15, 0.2) is 53.2 Å². The van der Waals surface area contributed by atoms with Crippen LogP contribution in [-0.2, 0) is 11.2 Å². The summed E-state index contributed by atoms with van der Waals surface area (Å²) in [6.07, 6.45) is 0.997. The Bertz CT molecular complexity index is 905. The number of hydrogen-bond acceptors (Lipinski definition) is 4. The van der Waals surface area contributed by atoms with Crippen molar-refractivity contribution < 1.29 is 9.18 Å². The fraction of sp³-hybridized carbons (Fsp3) is 0.286. The van der Waals surface area contributed by atoms with E-state index in [2.05, 4.69) is 28.6 Å². The standard InChI is InChI=1S/C21H21FN2OS2/c1-14-17-9-12-27-18(17)8-10-24(14)13-20(25)23-21(19-3-2-11-26-19)15-4-6-16(22)7-5-15/h2-7,9,11-12,14,21H,8,10,13H2,1H3,(H,23,25)/t14-,21-/m0/s1. The molecule has 2 aromatic heterocycles. The molecule has 1 aliphatic heterocycles. The largest absolute Gasteiger partial charge is 0.343 e. The van der Waals surface area contributed by atoms with Gasteiger partial charge in [-0.25, -0.2) is 4.39 Å². The Hall–Kier alpha value is -2.02. The fourth-order valence-electron chi connectivity index (χ4n) is 3.60. The highest BCUT2D eigenvalue weighted by Crippen LogP contribution is 2.32. The van der Waals surface area contributed by atoms with Gasteiger partial charge in [-0.05, 0) is 59.5 Å². The summed E-state index contributed by atoms with van der Waals surface area (Å²) < 4.78 is 13.3. The Kier molecular flexibility index (Phi) is 5.38. The van der Waals surface area contributed by atoms with E-state index in [1.165, 1.54) is 22.6 Å². The Morgan fingerprint density at radius 1 is 1.22 bits per heavy atom. The van der Waals surface area contributed by atoms with E-state index in [1.807, 2.05) is 17.5 Å². The maximum Gasteiger partial charge on any atom is 0.234 e. The first kappa shape index (κ1) is 18.3. The van der Waals surface area contributed by atoms with Gasteiger partial charge in [0.25, 0.3) is 0 Å². The van der Waals surface area contributed by atoms with Crippen LogP contribution in [0.5, 0.6) is 0 Å². The molecule has 3 heterocycles. The summed E-state index contributed by atoms with van der Waals surface area (Å²) in [6, 6.07) is 12.5. The van der Waals surface area contributed by atoms with Crippen LogP contribution < -0.4 is 5.32 Å². The lowest BCUT2D eigenvalue weighted by Crippen LogP contribution is -2.42. The molecule has 0 saturated heterocycles. The fourth-order valence-corrected chi connectivity index (χ4v) is 5.36. The summed E-state index contributed by atoms with van der Waals surface area (Å²) in [7, 11) is 0. The van der Waals surface area contributed by atoms with Crippen molar-refractivity contribution in [1.29, 1.82) is 0 Å². The topological polar surface area (TPSA) is 32.3 Å². The van der Waals surface area contributed by atoms with E-state index in [4.69, 9.17) is 0 Å². The molecule has 27 heavy (non-hydrogen) atoms. The number of nitrogens with one attached hydrogen (secondary N) is 1. The van der Waals surface area contributed by atoms with E-state index in [1.54, 1.807) is 34.8 Å². The zero-order valence-electron chi connectivity index (χ0n) is 15.0. The molecular weight excluding hydrogens is 379 g/mol. The van der Waals surface area contributed by atoms with Crippen LogP contribution in [-0.4, -0.2) is 23.9 Å². The van der Waals surface area contributed by atoms with Gasteiger partial charge in [-0.15, -0.1) is 22.7 Å². The Balaban J connectivity index is 1.48. The van der Waals surface area contributed by atoms with Gasteiger partial charge in [0.2, 0.25) is 5.91 Å². The van der Waals surface area contributed by atoms with Crippen LogP contribution in [0.2, 0.25) is 0 Å². The van der Waals surface area contributed by atoms with Crippen LogP contribution >= 0.6 is 22.7 Å². The van der Waals surface area contributed by atoms with Gasteiger partial charge in [-0.3, -0.25) is 9.69 Å². The first-order valence-electron chi connectivity index (χ1n) is 9.00. The summed E-state index contributed by atoms with van der Waals surface area (Å²) in [6.45, 7) is 3.41. The molecule has 0 unspecified atom stereocenters. The highest BCUT2D eigenvalue weighted by Gasteiger charge is 2.27. The van der Waals surface area contributed by atoms with Crippen LogP contribution in [0.1, 0.15) is 39.9 Å². The number of halogens is 1. The SMILES string of the molecule is C[C@H]1c2ccsc2CCN1CC(=O)N[C@@H](c1ccc(F)cc1)c1cccs1. The average Bonchev–Trinajstić information content (AvgIpc) is 3.35. The second-order valence-corrected chi connectivity index (χ2v) is 8.74. The summed E-state index contributed by atoms with van der Waals surface area (Å²) in [5.74, 6) is -0.285. The minimum absolute atomic E-state index is 0.0109. The van der Waals surface area contributed by atoms with E-state index < -0.39 is 0 Å².